The Hall–Kier alpha value is -2.05. The fraction of sp³-hybridized carbons (Fsp3) is 0.200. The van der Waals surface area contributed by atoms with Crippen molar-refractivity contribution in [2.45, 2.75) is 11.4 Å². The van der Waals surface area contributed by atoms with Crippen molar-refractivity contribution in [3.8, 4) is 17.2 Å². The molecule has 0 radical (unpaired) electrons. The SMILES string of the molecule is COc1ccc(CN)c(Oc2cccc(S(C)(=O)=O)c2)c1. The van der Waals surface area contributed by atoms with Gasteiger partial charge >= 0.3 is 0 Å². The van der Waals surface area contributed by atoms with Crippen molar-refractivity contribution >= 4 is 9.84 Å². The molecule has 2 N–H and O–H groups in total. The molecule has 2 rings (SSSR count). The van der Waals surface area contributed by atoms with Crippen molar-refractivity contribution in [1.29, 1.82) is 0 Å². The smallest absolute Gasteiger partial charge is 0.175 e. The molecule has 6 heteroatoms. The lowest BCUT2D eigenvalue weighted by Gasteiger charge is -2.12. The third-order valence-corrected chi connectivity index (χ3v) is 4.07. The highest BCUT2D eigenvalue weighted by atomic mass is 32.2. The van der Waals surface area contributed by atoms with Crippen molar-refractivity contribution < 1.29 is 17.9 Å². The summed E-state index contributed by atoms with van der Waals surface area (Å²) in [7, 11) is -1.71. The summed E-state index contributed by atoms with van der Waals surface area (Å²) in [6, 6.07) is 11.7. The van der Waals surface area contributed by atoms with E-state index in [4.69, 9.17) is 15.2 Å². The van der Waals surface area contributed by atoms with Crippen LogP contribution < -0.4 is 15.2 Å². The van der Waals surface area contributed by atoms with Crippen LogP contribution in [0.4, 0.5) is 0 Å². The van der Waals surface area contributed by atoms with Crippen molar-refractivity contribution in [3.63, 3.8) is 0 Å². The van der Waals surface area contributed by atoms with E-state index in [-0.39, 0.29) is 4.90 Å². The van der Waals surface area contributed by atoms with Gasteiger partial charge in [-0.2, -0.15) is 0 Å². The molecule has 0 fully saturated rings. The van der Waals surface area contributed by atoms with Crippen LogP contribution in [0.2, 0.25) is 0 Å². The summed E-state index contributed by atoms with van der Waals surface area (Å²) in [5.74, 6) is 1.62. The van der Waals surface area contributed by atoms with Crippen LogP contribution in [-0.4, -0.2) is 21.8 Å². The molecule has 0 aliphatic rings. The number of ether oxygens (including phenoxy) is 2. The van der Waals surface area contributed by atoms with Gasteiger partial charge in [0.2, 0.25) is 0 Å². The summed E-state index contributed by atoms with van der Waals surface area (Å²) in [5.41, 5.74) is 6.48. The summed E-state index contributed by atoms with van der Waals surface area (Å²) in [4.78, 5) is 0.206. The van der Waals surface area contributed by atoms with Crippen LogP contribution in [0.1, 0.15) is 5.56 Å². The molecule has 0 unspecified atom stereocenters. The third-order valence-electron chi connectivity index (χ3n) is 2.96. The number of benzene rings is 2. The average Bonchev–Trinajstić information content (AvgIpc) is 2.46. The van der Waals surface area contributed by atoms with Gasteiger partial charge in [0.1, 0.15) is 17.2 Å². The van der Waals surface area contributed by atoms with Gasteiger partial charge in [0.05, 0.1) is 12.0 Å². The monoisotopic (exact) mass is 307 g/mol. The van der Waals surface area contributed by atoms with Crippen LogP contribution in [0.25, 0.3) is 0 Å². The van der Waals surface area contributed by atoms with Gasteiger partial charge in [-0.15, -0.1) is 0 Å². The minimum Gasteiger partial charge on any atom is -0.497 e. The number of rotatable bonds is 5. The molecule has 0 aliphatic carbocycles. The largest absolute Gasteiger partial charge is 0.497 e. The topological polar surface area (TPSA) is 78.6 Å². The van der Waals surface area contributed by atoms with E-state index in [1.54, 1.807) is 31.4 Å². The first kappa shape index (κ1) is 15.3. The maximum Gasteiger partial charge on any atom is 0.175 e. The van der Waals surface area contributed by atoms with Gasteiger partial charge in [0, 0.05) is 24.4 Å². The van der Waals surface area contributed by atoms with Gasteiger partial charge in [-0.25, -0.2) is 8.42 Å². The predicted octanol–water partition coefficient (Wildman–Crippen LogP) is 2.35. The Morgan fingerprint density at radius 1 is 1.10 bits per heavy atom. The molecule has 0 aromatic heterocycles. The summed E-state index contributed by atoms with van der Waals surface area (Å²) in [5, 5.41) is 0. The molecule has 0 saturated carbocycles. The number of hydrogen-bond acceptors (Lipinski definition) is 5. The Kier molecular flexibility index (Phi) is 4.50. The summed E-state index contributed by atoms with van der Waals surface area (Å²) in [6.07, 6.45) is 1.16. The normalized spacial score (nSPS) is 11.2. The molecule has 0 amide bonds. The molecule has 0 aliphatic heterocycles. The Morgan fingerprint density at radius 3 is 2.48 bits per heavy atom. The molecule has 21 heavy (non-hydrogen) atoms. The first-order valence-corrected chi connectivity index (χ1v) is 8.18. The van der Waals surface area contributed by atoms with E-state index in [1.165, 1.54) is 12.1 Å². The molecule has 0 heterocycles. The second-order valence-electron chi connectivity index (χ2n) is 4.53. The van der Waals surface area contributed by atoms with Crippen LogP contribution in [-0.2, 0) is 16.4 Å². The van der Waals surface area contributed by atoms with E-state index in [0.29, 0.717) is 23.8 Å². The van der Waals surface area contributed by atoms with Crippen molar-refractivity contribution in [3.05, 3.63) is 48.0 Å². The van der Waals surface area contributed by atoms with E-state index in [9.17, 15) is 8.42 Å². The summed E-state index contributed by atoms with van der Waals surface area (Å²) < 4.78 is 34.0. The Balaban J connectivity index is 2.38. The van der Waals surface area contributed by atoms with Gasteiger partial charge in [-0.1, -0.05) is 12.1 Å². The fourth-order valence-corrected chi connectivity index (χ4v) is 2.48. The summed E-state index contributed by atoms with van der Waals surface area (Å²) >= 11 is 0. The van der Waals surface area contributed by atoms with Crippen molar-refractivity contribution in [1.82, 2.24) is 0 Å². The molecule has 0 saturated heterocycles. The van der Waals surface area contributed by atoms with E-state index in [2.05, 4.69) is 0 Å². The van der Waals surface area contributed by atoms with Crippen LogP contribution in [0.15, 0.2) is 47.4 Å². The molecule has 5 nitrogen and oxygen atoms in total. The summed E-state index contributed by atoms with van der Waals surface area (Å²) in [6.45, 7) is 0.311. The number of hydrogen-bond donors (Lipinski definition) is 1. The molecule has 2 aromatic carbocycles. The molecular formula is C15H17NO4S. The van der Waals surface area contributed by atoms with Gasteiger partial charge in [-0.05, 0) is 24.3 Å². The predicted molar refractivity (Wildman–Crippen MR) is 80.5 cm³/mol. The average molecular weight is 307 g/mol. The lowest BCUT2D eigenvalue weighted by Crippen LogP contribution is -2.01. The van der Waals surface area contributed by atoms with E-state index in [0.717, 1.165) is 11.8 Å². The van der Waals surface area contributed by atoms with E-state index in [1.807, 2.05) is 6.07 Å². The highest BCUT2D eigenvalue weighted by Crippen LogP contribution is 2.30. The van der Waals surface area contributed by atoms with Crippen LogP contribution in [0.3, 0.4) is 0 Å². The Labute approximate surface area is 124 Å². The quantitative estimate of drug-likeness (QED) is 0.917. The fourth-order valence-electron chi connectivity index (χ4n) is 1.82. The highest BCUT2D eigenvalue weighted by Gasteiger charge is 2.10. The molecule has 112 valence electrons. The number of nitrogens with two attached hydrogens (primary N) is 1. The minimum atomic E-state index is -3.28. The zero-order valence-electron chi connectivity index (χ0n) is 11.9. The van der Waals surface area contributed by atoms with Gasteiger partial charge in [0.25, 0.3) is 0 Å². The first-order chi connectivity index (χ1) is 9.94. The maximum atomic E-state index is 11.6. The van der Waals surface area contributed by atoms with Crippen molar-refractivity contribution in [2.75, 3.05) is 13.4 Å². The Bertz CT molecular complexity index is 741. The second kappa shape index (κ2) is 6.15. The zero-order chi connectivity index (χ0) is 15.5. The minimum absolute atomic E-state index is 0.206. The first-order valence-electron chi connectivity index (χ1n) is 6.29. The van der Waals surface area contributed by atoms with E-state index < -0.39 is 9.84 Å². The van der Waals surface area contributed by atoms with Crippen LogP contribution in [0, 0.1) is 0 Å². The third kappa shape index (κ3) is 3.74. The van der Waals surface area contributed by atoms with Gasteiger partial charge in [-0.3, -0.25) is 0 Å². The van der Waals surface area contributed by atoms with Crippen molar-refractivity contribution in [2.24, 2.45) is 5.73 Å². The Morgan fingerprint density at radius 2 is 1.86 bits per heavy atom. The molecule has 0 spiro atoms. The zero-order valence-corrected chi connectivity index (χ0v) is 12.7. The molecule has 0 bridgehead atoms. The number of methoxy groups -OCH3 is 1. The lowest BCUT2D eigenvalue weighted by atomic mass is 10.2. The number of sulfone groups is 1. The second-order valence-corrected chi connectivity index (χ2v) is 6.54. The van der Waals surface area contributed by atoms with Crippen LogP contribution in [0.5, 0.6) is 17.2 Å². The van der Waals surface area contributed by atoms with E-state index >= 15 is 0 Å². The highest BCUT2D eigenvalue weighted by molar-refractivity contribution is 7.90. The maximum absolute atomic E-state index is 11.6. The molecule has 2 aromatic rings. The standard InChI is InChI=1S/C15H17NO4S/c1-19-12-7-6-11(10-16)15(9-12)20-13-4-3-5-14(8-13)21(2,17)18/h3-9H,10,16H2,1-2H3. The van der Waals surface area contributed by atoms with Gasteiger partial charge in [0.15, 0.2) is 9.84 Å². The van der Waals surface area contributed by atoms with Crippen LogP contribution >= 0.6 is 0 Å². The molecule has 0 atom stereocenters. The molecular weight excluding hydrogens is 290 g/mol. The van der Waals surface area contributed by atoms with Gasteiger partial charge < -0.3 is 15.2 Å². The lowest BCUT2D eigenvalue weighted by molar-refractivity contribution is 0.408.